The number of aromatic nitrogens is 1. The van der Waals surface area contributed by atoms with Crippen LogP contribution in [-0.4, -0.2) is 22.5 Å². The van der Waals surface area contributed by atoms with Crippen molar-refractivity contribution in [2.75, 3.05) is 0 Å². The van der Waals surface area contributed by atoms with Crippen LogP contribution in [0.15, 0.2) is 10.2 Å². The molecule has 1 amide bonds. The lowest BCUT2D eigenvalue weighted by molar-refractivity contribution is -0.154. The topological polar surface area (TPSA) is 91.4 Å². The minimum Gasteiger partial charge on any atom is -0.453 e. The van der Waals surface area contributed by atoms with Gasteiger partial charge in [-0.25, -0.2) is 0 Å². The number of hydrogen-bond donors (Lipinski definition) is 1. The molecule has 1 heterocycles. The number of esters is 1. The fourth-order valence-electron chi connectivity index (χ4n) is 1.19. The van der Waals surface area contributed by atoms with Crippen molar-refractivity contribution in [2.24, 2.45) is 5.73 Å². The van der Waals surface area contributed by atoms with Gasteiger partial charge in [0.15, 0.2) is 6.10 Å². The van der Waals surface area contributed by atoms with Gasteiger partial charge in [0.2, 0.25) is 0 Å². The van der Waals surface area contributed by atoms with Crippen LogP contribution in [0.1, 0.15) is 19.0 Å². The van der Waals surface area contributed by atoms with E-state index in [4.69, 9.17) is 10.5 Å². The molecule has 1 aromatic heterocycles. The van der Waals surface area contributed by atoms with Gasteiger partial charge in [0.05, 0.1) is 6.42 Å². The highest BCUT2D eigenvalue weighted by atomic mass is 32.1. The summed E-state index contributed by atoms with van der Waals surface area (Å²) in [5.41, 5.74) is 5.76. The number of nitrogens with two attached hydrogens (primary N) is 1. The Labute approximate surface area is 102 Å². The normalized spacial score (nSPS) is 12.1. The van der Waals surface area contributed by atoms with E-state index in [0.717, 1.165) is 17.0 Å². The molecular formula is C10H14N2O4S. The van der Waals surface area contributed by atoms with E-state index in [2.05, 4.69) is 0 Å². The van der Waals surface area contributed by atoms with E-state index in [1.54, 1.807) is 12.3 Å². The fourth-order valence-corrected chi connectivity index (χ4v) is 1.95. The number of primary amides is 1. The molecule has 1 rings (SSSR count). The third kappa shape index (κ3) is 3.70. The first-order valence-corrected chi connectivity index (χ1v) is 5.93. The van der Waals surface area contributed by atoms with Crippen LogP contribution in [0.2, 0.25) is 0 Å². The molecule has 94 valence electrons. The van der Waals surface area contributed by atoms with E-state index in [1.807, 2.05) is 0 Å². The first-order valence-electron chi connectivity index (χ1n) is 5.05. The Morgan fingerprint density at radius 2 is 2.24 bits per heavy atom. The number of rotatable bonds is 5. The average Bonchev–Trinajstić information content (AvgIpc) is 2.56. The molecule has 0 saturated carbocycles. The van der Waals surface area contributed by atoms with Gasteiger partial charge < -0.3 is 15.0 Å². The number of thiazole rings is 1. The summed E-state index contributed by atoms with van der Waals surface area (Å²) >= 11 is 1.08. The summed E-state index contributed by atoms with van der Waals surface area (Å²) in [6.45, 7) is 3.44. The first-order chi connectivity index (χ1) is 7.91. The summed E-state index contributed by atoms with van der Waals surface area (Å²) in [4.78, 5) is 33.2. The first kappa shape index (κ1) is 13.4. The lowest BCUT2D eigenvalue weighted by Crippen LogP contribution is -2.31. The zero-order valence-electron chi connectivity index (χ0n) is 9.63. The van der Waals surface area contributed by atoms with Gasteiger partial charge in [-0.05, 0) is 13.8 Å². The number of carbonyl (C=O) groups is 2. The Bertz CT molecular complexity index is 477. The van der Waals surface area contributed by atoms with Crippen LogP contribution in [0, 0.1) is 6.92 Å². The molecule has 0 fully saturated rings. The SMILES string of the molecule is Cc1csc(=O)n1CCC(=O)O[C@H](C)C(N)=O. The molecule has 7 heteroatoms. The number of aryl methyl sites for hydroxylation is 1. The van der Waals surface area contributed by atoms with E-state index >= 15 is 0 Å². The Kier molecular flexibility index (Phi) is 4.45. The quantitative estimate of drug-likeness (QED) is 0.754. The molecule has 0 radical (unpaired) electrons. The smallest absolute Gasteiger partial charge is 0.308 e. The van der Waals surface area contributed by atoms with Crippen molar-refractivity contribution in [3.63, 3.8) is 0 Å². The summed E-state index contributed by atoms with van der Waals surface area (Å²) in [5.74, 6) is -1.24. The summed E-state index contributed by atoms with van der Waals surface area (Å²) in [7, 11) is 0. The maximum atomic E-state index is 11.3. The minimum atomic E-state index is -0.942. The van der Waals surface area contributed by atoms with Crippen LogP contribution < -0.4 is 10.6 Å². The molecular weight excluding hydrogens is 244 g/mol. The zero-order chi connectivity index (χ0) is 13.0. The Balaban J connectivity index is 2.49. The van der Waals surface area contributed by atoms with Crippen molar-refractivity contribution in [1.82, 2.24) is 4.57 Å². The molecule has 0 saturated heterocycles. The average molecular weight is 258 g/mol. The summed E-state index contributed by atoms with van der Waals surface area (Å²) < 4.78 is 6.25. The van der Waals surface area contributed by atoms with Crippen molar-refractivity contribution >= 4 is 23.2 Å². The number of nitrogens with zero attached hydrogens (tertiary/aromatic N) is 1. The summed E-state index contributed by atoms with van der Waals surface area (Å²) in [6.07, 6.45) is -0.905. The highest BCUT2D eigenvalue weighted by molar-refractivity contribution is 7.07. The van der Waals surface area contributed by atoms with E-state index in [0.29, 0.717) is 0 Å². The van der Waals surface area contributed by atoms with Crippen LogP contribution >= 0.6 is 11.3 Å². The van der Waals surface area contributed by atoms with Crippen molar-refractivity contribution in [2.45, 2.75) is 32.9 Å². The molecule has 17 heavy (non-hydrogen) atoms. The van der Waals surface area contributed by atoms with Gasteiger partial charge >= 0.3 is 10.8 Å². The number of carbonyl (C=O) groups excluding carboxylic acids is 2. The largest absolute Gasteiger partial charge is 0.453 e. The maximum Gasteiger partial charge on any atom is 0.308 e. The Morgan fingerprint density at radius 1 is 1.59 bits per heavy atom. The second kappa shape index (κ2) is 5.62. The molecule has 0 aliphatic heterocycles. The van der Waals surface area contributed by atoms with E-state index in [1.165, 1.54) is 11.5 Å². The van der Waals surface area contributed by atoms with Gasteiger partial charge in [-0.2, -0.15) is 0 Å². The Morgan fingerprint density at radius 3 is 2.71 bits per heavy atom. The molecule has 0 unspecified atom stereocenters. The predicted octanol–water partition coefficient (Wildman–Crippen LogP) is 0.0253. The fraction of sp³-hybridized carbons (Fsp3) is 0.500. The number of amides is 1. The summed E-state index contributed by atoms with van der Waals surface area (Å²) in [6, 6.07) is 0. The van der Waals surface area contributed by atoms with Crippen molar-refractivity contribution < 1.29 is 14.3 Å². The summed E-state index contributed by atoms with van der Waals surface area (Å²) in [5, 5.41) is 1.72. The van der Waals surface area contributed by atoms with Gasteiger partial charge in [0.1, 0.15) is 0 Å². The van der Waals surface area contributed by atoms with Gasteiger partial charge in [-0.3, -0.25) is 14.4 Å². The van der Waals surface area contributed by atoms with E-state index < -0.39 is 18.0 Å². The lowest BCUT2D eigenvalue weighted by Gasteiger charge is -2.09. The highest BCUT2D eigenvalue weighted by Gasteiger charge is 2.14. The molecule has 1 aromatic rings. The number of ether oxygens (including phenoxy) is 1. The van der Waals surface area contributed by atoms with Gasteiger partial charge in [-0.15, -0.1) is 0 Å². The Hall–Kier alpha value is -1.63. The predicted molar refractivity (Wildman–Crippen MR) is 62.7 cm³/mol. The number of hydrogen-bond acceptors (Lipinski definition) is 5. The molecule has 1 atom stereocenters. The van der Waals surface area contributed by atoms with Gasteiger partial charge in [-0.1, -0.05) is 11.3 Å². The van der Waals surface area contributed by atoms with Crippen molar-refractivity contribution in [3.8, 4) is 0 Å². The van der Waals surface area contributed by atoms with E-state index in [9.17, 15) is 14.4 Å². The molecule has 0 aromatic carbocycles. The van der Waals surface area contributed by atoms with Crippen molar-refractivity contribution in [1.29, 1.82) is 0 Å². The highest BCUT2D eigenvalue weighted by Crippen LogP contribution is 2.02. The van der Waals surface area contributed by atoms with Crippen LogP contribution in [0.25, 0.3) is 0 Å². The second-order valence-corrected chi connectivity index (χ2v) is 4.40. The van der Waals surface area contributed by atoms with Crippen LogP contribution in [0.4, 0.5) is 0 Å². The monoisotopic (exact) mass is 258 g/mol. The molecule has 0 spiro atoms. The lowest BCUT2D eigenvalue weighted by atomic mass is 10.3. The molecule has 0 bridgehead atoms. The van der Waals surface area contributed by atoms with Crippen LogP contribution in [0.5, 0.6) is 0 Å². The third-order valence-electron chi connectivity index (χ3n) is 2.22. The van der Waals surface area contributed by atoms with Crippen LogP contribution in [-0.2, 0) is 20.9 Å². The maximum absolute atomic E-state index is 11.3. The third-order valence-corrected chi connectivity index (χ3v) is 3.11. The molecule has 6 nitrogen and oxygen atoms in total. The molecule has 0 aliphatic carbocycles. The minimum absolute atomic E-state index is 0.0368. The molecule has 2 N–H and O–H groups in total. The second-order valence-electron chi connectivity index (χ2n) is 3.58. The van der Waals surface area contributed by atoms with Gasteiger partial charge in [0, 0.05) is 17.6 Å². The zero-order valence-corrected chi connectivity index (χ0v) is 10.5. The van der Waals surface area contributed by atoms with E-state index in [-0.39, 0.29) is 17.8 Å². The van der Waals surface area contributed by atoms with Crippen LogP contribution in [0.3, 0.4) is 0 Å². The standard InChI is InChI=1S/C10H14N2O4S/c1-6-5-17-10(15)12(6)4-3-8(13)16-7(2)9(11)14/h5,7H,3-4H2,1-2H3,(H2,11,14)/t7-/m1/s1. The van der Waals surface area contributed by atoms with Crippen molar-refractivity contribution in [3.05, 3.63) is 20.7 Å². The van der Waals surface area contributed by atoms with Gasteiger partial charge in [0.25, 0.3) is 5.91 Å². The molecule has 0 aliphatic rings.